The molecule has 0 aliphatic heterocycles. The number of halogens is 3. The third-order valence-corrected chi connectivity index (χ3v) is 3.83. The van der Waals surface area contributed by atoms with E-state index in [0.29, 0.717) is 0 Å². The Morgan fingerprint density at radius 1 is 0.957 bits per heavy atom. The Bertz CT molecular complexity index is 787. The van der Waals surface area contributed by atoms with Crippen molar-refractivity contribution < 1.29 is 35.2 Å². The summed E-state index contributed by atoms with van der Waals surface area (Å²) in [5.41, 5.74) is 0. The Labute approximate surface area is 130 Å². The van der Waals surface area contributed by atoms with E-state index in [2.05, 4.69) is 4.74 Å². The fourth-order valence-corrected chi connectivity index (χ4v) is 2.66. The van der Waals surface area contributed by atoms with E-state index in [0.717, 1.165) is 24.3 Å². The number of ether oxygens (including phenoxy) is 2. The minimum absolute atomic E-state index is 0.0860. The highest BCUT2D eigenvalue weighted by atomic mass is 32.2. The molecule has 0 fully saturated rings. The molecule has 9 heteroatoms. The third kappa shape index (κ3) is 4.52. The lowest BCUT2D eigenvalue weighted by Gasteiger charge is -2.12. The van der Waals surface area contributed by atoms with Gasteiger partial charge in [0.05, 0.1) is 7.11 Å². The van der Waals surface area contributed by atoms with E-state index in [9.17, 15) is 21.6 Å². The van der Waals surface area contributed by atoms with Gasteiger partial charge in [-0.05, 0) is 24.3 Å². The highest BCUT2D eigenvalue weighted by molar-refractivity contribution is 7.87. The van der Waals surface area contributed by atoms with Gasteiger partial charge >= 0.3 is 16.5 Å². The molecule has 0 aliphatic carbocycles. The van der Waals surface area contributed by atoms with Gasteiger partial charge in [-0.2, -0.15) is 8.42 Å². The summed E-state index contributed by atoms with van der Waals surface area (Å²) >= 11 is 0. The minimum Gasteiger partial charge on any atom is -0.493 e. The van der Waals surface area contributed by atoms with Crippen LogP contribution in [0.3, 0.4) is 0 Å². The second-order valence-electron chi connectivity index (χ2n) is 4.21. The number of rotatable bonds is 5. The molecule has 0 saturated heterocycles. The quantitative estimate of drug-likeness (QED) is 0.776. The van der Waals surface area contributed by atoms with E-state index in [4.69, 9.17) is 8.92 Å². The van der Waals surface area contributed by atoms with Gasteiger partial charge in [0.15, 0.2) is 11.5 Å². The van der Waals surface area contributed by atoms with Crippen LogP contribution in [0, 0.1) is 0 Å². The number of benzene rings is 2. The highest BCUT2D eigenvalue weighted by Crippen LogP contribution is 2.30. The van der Waals surface area contributed by atoms with Gasteiger partial charge in [-0.3, -0.25) is 0 Å². The SMILES string of the molecule is COc1ccccc1OS(=O)(=O)c1cccc(OC(F)(F)F)c1. The Kier molecular flexibility index (Phi) is 4.69. The van der Waals surface area contributed by atoms with Crippen LogP contribution < -0.4 is 13.7 Å². The van der Waals surface area contributed by atoms with Crippen molar-refractivity contribution in [2.24, 2.45) is 0 Å². The van der Waals surface area contributed by atoms with Gasteiger partial charge in [0.25, 0.3) is 0 Å². The topological polar surface area (TPSA) is 61.8 Å². The zero-order valence-electron chi connectivity index (χ0n) is 11.7. The van der Waals surface area contributed by atoms with Crippen molar-refractivity contribution in [3.63, 3.8) is 0 Å². The van der Waals surface area contributed by atoms with Gasteiger partial charge in [0, 0.05) is 6.07 Å². The number of hydrogen-bond donors (Lipinski definition) is 0. The van der Waals surface area contributed by atoms with Crippen LogP contribution in [0.5, 0.6) is 17.2 Å². The molecule has 0 saturated carbocycles. The maximum Gasteiger partial charge on any atom is 0.573 e. The van der Waals surface area contributed by atoms with Crippen LogP contribution in [0.25, 0.3) is 0 Å². The fourth-order valence-electron chi connectivity index (χ4n) is 1.68. The minimum atomic E-state index is -4.92. The van der Waals surface area contributed by atoms with Crippen LogP contribution >= 0.6 is 0 Å². The zero-order valence-corrected chi connectivity index (χ0v) is 12.5. The van der Waals surface area contributed by atoms with Crippen molar-refractivity contribution in [3.8, 4) is 17.2 Å². The molecule has 0 aromatic heterocycles. The first-order valence-corrected chi connectivity index (χ1v) is 7.55. The standard InChI is InChI=1S/C14H11F3O5S/c1-20-12-7-2-3-8-13(12)22-23(18,19)11-6-4-5-10(9-11)21-14(15,16)17/h2-9H,1H3. The molecular formula is C14H11F3O5S. The summed E-state index contributed by atoms with van der Waals surface area (Å²) in [6, 6.07) is 9.87. The molecule has 0 N–H and O–H groups in total. The number of methoxy groups -OCH3 is 1. The average molecular weight is 348 g/mol. The van der Waals surface area contributed by atoms with Crippen LogP contribution in [-0.2, 0) is 10.1 Å². The third-order valence-electron chi connectivity index (χ3n) is 2.60. The summed E-state index contributed by atoms with van der Waals surface area (Å²) in [6.45, 7) is 0. The lowest BCUT2D eigenvalue weighted by atomic mass is 10.3. The Hall–Kier alpha value is -2.42. The van der Waals surface area contributed by atoms with E-state index in [-0.39, 0.29) is 11.5 Å². The largest absolute Gasteiger partial charge is 0.573 e. The number of alkyl halides is 3. The second-order valence-corrected chi connectivity index (χ2v) is 5.76. The predicted molar refractivity (Wildman–Crippen MR) is 73.9 cm³/mol. The monoisotopic (exact) mass is 348 g/mol. The molecule has 0 radical (unpaired) electrons. The molecule has 0 heterocycles. The highest BCUT2D eigenvalue weighted by Gasteiger charge is 2.31. The summed E-state index contributed by atoms with van der Waals surface area (Å²) in [5, 5.41) is 0. The van der Waals surface area contributed by atoms with Crippen LogP contribution in [0.4, 0.5) is 13.2 Å². The molecule has 0 unspecified atom stereocenters. The van der Waals surface area contributed by atoms with Crippen molar-refractivity contribution in [1.82, 2.24) is 0 Å². The normalized spacial score (nSPS) is 11.8. The maximum absolute atomic E-state index is 12.2. The van der Waals surface area contributed by atoms with Crippen LogP contribution in [0.15, 0.2) is 53.4 Å². The van der Waals surface area contributed by atoms with Gasteiger partial charge < -0.3 is 13.7 Å². The number of hydrogen-bond acceptors (Lipinski definition) is 5. The molecule has 0 amide bonds. The molecule has 0 spiro atoms. The summed E-state index contributed by atoms with van der Waals surface area (Å²) in [7, 11) is -3.03. The summed E-state index contributed by atoms with van der Waals surface area (Å²) < 4.78 is 74.5. The molecular weight excluding hydrogens is 337 g/mol. The zero-order chi connectivity index (χ0) is 17.1. The average Bonchev–Trinajstić information content (AvgIpc) is 2.46. The van der Waals surface area contributed by atoms with E-state index < -0.39 is 27.1 Å². The first-order valence-electron chi connectivity index (χ1n) is 6.14. The molecule has 2 aromatic carbocycles. The van der Waals surface area contributed by atoms with Gasteiger partial charge in [-0.15, -0.1) is 13.2 Å². The van der Waals surface area contributed by atoms with Crippen LogP contribution in [0.2, 0.25) is 0 Å². The van der Waals surface area contributed by atoms with Crippen LogP contribution in [-0.4, -0.2) is 21.9 Å². The Morgan fingerprint density at radius 2 is 1.61 bits per heavy atom. The van der Waals surface area contributed by atoms with E-state index in [1.54, 1.807) is 6.07 Å². The van der Waals surface area contributed by atoms with E-state index in [1.807, 2.05) is 0 Å². The van der Waals surface area contributed by atoms with E-state index in [1.165, 1.54) is 25.3 Å². The molecule has 0 aliphatic rings. The smallest absolute Gasteiger partial charge is 0.493 e. The number of para-hydroxylation sites is 2. The first-order chi connectivity index (χ1) is 10.7. The van der Waals surface area contributed by atoms with Gasteiger partial charge in [-0.25, -0.2) is 0 Å². The predicted octanol–water partition coefficient (Wildman–Crippen LogP) is 3.36. The summed E-state index contributed by atoms with van der Waals surface area (Å²) in [4.78, 5) is -0.481. The first kappa shape index (κ1) is 16.9. The summed E-state index contributed by atoms with van der Waals surface area (Å²) in [6.07, 6.45) is -4.92. The lowest BCUT2D eigenvalue weighted by molar-refractivity contribution is -0.274. The fraction of sp³-hybridized carbons (Fsp3) is 0.143. The van der Waals surface area contributed by atoms with Crippen molar-refractivity contribution in [2.45, 2.75) is 11.3 Å². The maximum atomic E-state index is 12.2. The molecule has 124 valence electrons. The van der Waals surface area contributed by atoms with E-state index >= 15 is 0 Å². The van der Waals surface area contributed by atoms with Crippen LogP contribution in [0.1, 0.15) is 0 Å². The van der Waals surface area contributed by atoms with Crippen molar-refractivity contribution >= 4 is 10.1 Å². The molecule has 0 atom stereocenters. The van der Waals surface area contributed by atoms with Crippen molar-refractivity contribution in [2.75, 3.05) is 7.11 Å². The Balaban J connectivity index is 2.31. The molecule has 0 bridgehead atoms. The summed E-state index contributed by atoms with van der Waals surface area (Å²) in [5.74, 6) is -0.585. The second kappa shape index (κ2) is 6.37. The lowest BCUT2D eigenvalue weighted by Crippen LogP contribution is -2.17. The van der Waals surface area contributed by atoms with Gasteiger partial charge in [0.2, 0.25) is 0 Å². The molecule has 2 aromatic rings. The molecule has 2 rings (SSSR count). The van der Waals surface area contributed by atoms with Crippen molar-refractivity contribution in [1.29, 1.82) is 0 Å². The van der Waals surface area contributed by atoms with Gasteiger partial charge in [0.1, 0.15) is 10.6 Å². The van der Waals surface area contributed by atoms with Crippen molar-refractivity contribution in [3.05, 3.63) is 48.5 Å². The molecule has 5 nitrogen and oxygen atoms in total. The molecule has 23 heavy (non-hydrogen) atoms. The Morgan fingerprint density at radius 3 is 2.22 bits per heavy atom. The van der Waals surface area contributed by atoms with Gasteiger partial charge in [-0.1, -0.05) is 18.2 Å².